The first-order valence-corrected chi connectivity index (χ1v) is 7.91. The molecule has 4 amide bonds. The molecule has 0 spiro atoms. The van der Waals surface area contributed by atoms with Crippen molar-refractivity contribution in [3.63, 3.8) is 0 Å². The van der Waals surface area contributed by atoms with Crippen LogP contribution in [0.4, 0.5) is 10.5 Å². The fourth-order valence-corrected chi connectivity index (χ4v) is 2.49. The van der Waals surface area contributed by atoms with Crippen LogP contribution >= 0.6 is 0 Å². The lowest BCUT2D eigenvalue weighted by molar-refractivity contribution is -0.129. The minimum absolute atomic E-state index is 0.00735. The number of fused-ring (bicyclic) bond motifs is 1. The van der Waals surface area contributed by atoms with E-state index in [1.807, 2.05) is 20.8 Å². The number of nitrogens with one attached hydrogen (secondary N) is 1. The smallest absolute Gasteiger partial charge is 0.327 e. The molecular formula is C17H20N4O4. The number of rotatable bonds is 3. The highest BCUT2D eigenvalue weighted by Gasteiger charge is 2.34. The topological polar surface area (TPSA) is 95.8 Å². The van der Waals surface area contributed by atoms with Gasteiger partial charge in [0.05, 0.1) is 0 Å². The molecule has 0 bridgehead atoms. The Kier molecular flexibility index (Phi) is 3.98. The summed E-state index contributed by atoms with van der Waals surface area (Å²) in [6.07, 6.45) is 0. The lowest BCUT2D eigenvalue weighted by atomic mass is 9.97. The Balaban J connectivity index is 1.73. The highest BCUT2D eigenvalue weighted by molar-refractivity contribution is 6.06. The summed E-state index contributed by atoms with van der Waals surface area (Å²) in [5, 5.41) is 2.68. The molecule has 0 unspecified atom stereocenters. The van der Waals surface area contributed by atoms with E-state index >= 15 is 0 Å². The van der Waals surface area contributed by atoms with Gasteiger partial charge in [-0.1, -0.05) is 20.8 Å². The molecule has 132 valence electrons. The van der Waals surface area contributed by atoms with Gasteiger partial charge in [0, 0.05) is 18.2 Å². The van der Waals surface area contributed by atoms with Crippen molar-refractivity contribution < 1.29 is 18.8 Å². The van der Waals surface area contributed by atoms with Crippen LogP contribution in [0.5, 0.6) is 0 Å². The van der Waals surface area contributed by atoms with E-state index in [1.165, 1.54) is 11.9 Å². The van der Waals surface area contributed by atoms with E-state index < -0.39 is 11.9 Å². The molecule has 1 aromatic heterocycles. The number of carbonyl (C=O) groups excluding carboxylic acids is 3. The van der Waals surface area contributed by atoms with E-state index in [1.54, 1.807) is 18.2 Å². The van der Waals surface area contributed by atoms with Gasteiger partial charge in [0.1, 0.15) is 18.6 Å². The van der Waals surface area contributed by atoms with Gasteiger partial charge in [0.15, 0.2) is 5.58 Å². The van der Waals surface area contributed by atoms with Gasteiger partial charge >= 0.3 is 6.03 Å². The van der Waals surface area contributed by atoms with E-state index in [4.69, 9.17) is 4.42 Å². The monoisotopic (exact) mass is 344 g/mol. The highest BCUT2D eigenvalue weighted by atomic mass is 16.3. The Labute approximate surface area is 144 Å². The molecule has 1 aliphatic rings. The van der Waals surface area contributed by atoms with Crippen molar-refractivity contribution in [3.8, 4) is 0 Å². The van der Waals surface area contributed by atoms with Gasteiger partial charge in [-0.3, -0.25) is 14.5 Å². The lowest BCUT2D eigenvalue weighted by Gasteiger charge is -2.13. The number of likely N-dealkylation sites (N-methyl/N-ethyl adjacent to an activating group) is 1. The highest BCUT2D eigenvalue weighted by Crippen LogP contribution is 2.27. The quantitative estimate of drug-likeness (QED) is 0.859. The van der Waals surface area contributed by atoms with Gasteiger partial charge < -0.3 is 14.6 Å². The molecule has 2 heterocycles. The number of anilines is 1. The van der Waals surface area contributed by atoms with Crippen LogP contribution in [0.3, 0.4) is 0 Å². The Bertz CT molecular complexity index is 865. The summed E-state index contributed by atoms with van der Waals surface area (Å²) in [7, 11) is 1.52. The molecule has 1 N–H and O–H groups in total. The fraction of sp³-hybridized carbons (Fsp3) is 0.412. The number of carbonyl (C=O) groups is 3. The SMILES string of the molecule is CN1CC(=O)N(CC(=O)Nc2ccc3oc(C(C)(C)C)nc3c2)C1=O. The van der Waals surface area contributed by atoms with Crippen LogP contribution in [0.25, 0.3) is 11.1 Å². The number of hydrogen-bond donors (Lipinski definition) is 1. The van der Waals surface area contributed by atoms with Crippen LogP contribution in [0.15, 0.2) is 22.6 Å². The van der Waals surface area contributed by atoms with Crippen molar-refractivity contribution >= 4 is 34.6 Å². The van der Waals surface area contributed by atoms with Crippen molar-refractivity contribution in [2.75, 3.05) is 25.5 Å². The second-order valence-corrected chi connectivity index (χ2v) is 7.12. The summed E-state index contributed by atoms with van der Waals surface area (Å²) >= 11 is 0. The molecule has 2 aromatic rings. The fourth-order valence-electron chi connectivity index (χ4n) is 2.49. The first-order valence-electron chi connectivity index (χ1n) is 7.91. The number of urea groups is 1. The maximum Gasteiger partial charge on any atom is 0.327 e. The van der Waals surface area contributed by atoms with Crippen molar-refractivity contribution in [1.29, 1.82) is 0 Å². The molecule has 0 aliphatic carbocycles. The Morgan fingerprint density at radius 2 is 2.04 bits per heavy atom. The molecule has 0 atom stereocenters. The van der Waals surface area contributed by atoms with Crippen LogP contribution < -0.4 is 5.32 Å². The van der Waals surface area contributed by atoms with Crippen LogP contribution in [0.1, 0.15) is 26.7 Å². The normalized spacial score (nSPS) is 15.4. The van der Waals surface area contributed by atoms with Gasteiger partial charge in [-0.25, -0.2) is 9.78 Å². The number of oxazole rings is 1. The number of nitrogens with zero attached hydrogens (tertiary/aromatic N) is 3. The van der Waals surface area contributed by atoms with Crippen LogP contribution in [-0.2, 0) is 15.0 Å². The van der Waals surface area contributed by atoms with Gasteiger partial charge in [-0.2, -0.15) is 0 Å². The number of hydrogen-bond acceptors (Lipinski definition) is 5. The second-order valence-electron chi connectivity index (χ2n) is 7.12. The zero-order chi connectivity index (χ0) is 18.4. The molecule has 8 nitrogen and oxygen atoms in total. The van der Waals surface area contributed by atoms with Crippen molar-refractivity contribution in [3.05, 3.63) is 24.1 Å². The Morgan fingerprint density at radius 3 is 2.64 bits per heavy atom. The number of amides is 4. The van der Waals surface area contributed by atoms with Crippen molar-refractivity contribution in [2.45, 2.75) is 26.2 Å². The standard InChI is InChI=1S/C17H20N4O4/c1-17(2,3)15-19-11-7-10(5-6-12(11)25-15)18-13(22)8-21-14(23)9-20(4)16(21)24/h5-7H,8-9H2,1-4H3,(H,18,22). The van der Waals surface area contributed by atoms with E-state index in [0.717, 1.165) is 4.90 Å². The summed E-state index contributed by atoms with van der Waals surface area (Å²) in [4.78, 5) is 42.3. The summed E-state index contributed by atoms with van der Waals surface area (Å²) in [6.45, 7) is 5.68. The third-order valence-electron chi connectivity index (χ3n) is 3.85. The minimum atomic E-state index is -0.470. The zero-order valence-corrected chi connectivity index (χ0v) is 14.6. The van der Waals surface area contributed by atoms with Crippen LogP contribution in [0.2, 0.25) is 0 Å². The lowest BCUT2D eigenvalue weighted by Crippen LogP contribution is -2.38. The van der Waals surface area contributed by atoms with E-state index in [2.05, 4.69) is 10.3 Å². The van der Waals surface area contributed by atoms with Gasteiger partial charge in [0.2, 0.25) is 11.8 Å². The maximum atomic E-state index is 12.1. The average Bonchev–Trinajstić information content (AvgIpc) is 3.03. The molecule has 1 fully saturated rings. The molecule has 1 aromatic carbocycles. The summed E-state index contributed by atoms with van der Waals surface area (Å²) < 4.78 is 5.71. The zero-order valence-electron chi connectivity index (χ0n) is 14.6. The third kappa shape index (κ3) is 3.33. The molecule has 1 aliphatic heterocycles. The largest absolute Gasteiger partial charge is 0.440 e. The summed E-state index contributed by atoms with van der Waals surface area (Å²) in [6, 6.07) is 4.65. The minimum Gasteiger partial charge on any atom is -0.440 e. The molecular weight excluding hydrogens is 324 g/mol. The first kappa shape index (κ1) is 16.9. The van der Waals surface area contributed by atoms with Crippen molar-refractivity contribution in [1.82, 2.24) is 14.8 Å². The number of benzene rings is 1. The predicted molar refractivity (Wildman–Crippen MR) is 91.1 cm³/mol. The molecule has 25 heavy (non-hydrogen) atoms. The van der Waals surface area contributed by atoms with Gasteiger partial charge in [-0.05, 0) is 18.2 Å². The predicted octanol–water partition coefficient (Wildman–Crippen LogP) is 1.96. The Morgan fingerprint density at radius 1 is 1.32 bits per heavy atom. The molecule has 8 heteroatoms. The summed E-state index contributed by atoms with van der Waals surface area (Å²) in [5.41, 5.74) is 1.58. The molecule has 0 saturated carbocycles. The van der Waals surface area contributed by atoms with E-state index in [-0.39, 0.29) is 24.4 Å². The first-order chi connectivity index (χ1) is 11.6. The Hall–Kier alpha value is -2.90. The second kappa shape index (κ2) is 5.87. The molecule has 0 radical (unpaired) electrons. The number of aromatic nitrogens is 1. The molecule has 1 saturated heterocycles. The maximum absolute atomic E-state index is 12.1. The van der Waals surface area contributed by atoms with Gasteiger partial charge in [0.25, 0.3) is 5.91 Å². The van der Waals surface area contributed by atoms with Gasteiger partial charge in [-0.15, -0.1) is 0 Å². The summed E-state index contributed by atoms with van der Waals surface area (Å²) in [5.74, 6) is -0.220. The molecule has 3 rings (SSSR count). The third-order valence-corrected chi connectivity index (χ3v) is 3.85. The van der Waals surface area contributed by atoms with Crippen molar-refractivity contribution in [2.24, 2.45) is 0 Å². The van der Waals surface area contributed by atoms with E-state index in [9.17, 15) is 14.4 Å². The van der Waals surface area contributed by atoms with E-state index in [0.29, 0.717) is 22.7 Å². The van der Waals surface area contributed by atoms with Crippen LogP contribution in [-0.4, -0.2) is 52.8 Å². The number of imide groups is 1. The van der Waals surface area contributed by atoms with Crippen LogP contribution in [0, 0.1) is 0 Å². The average molecular weight is 344 g/mol.